The molecule has 18 heavy (non-hydrogen) atoms. The van der Waals surface area contributed by atoms with Crippen LogP contribution in [0.1, 0.15) is 44.9 Å². The molecule has 0 spiro atoms. The third-order valence-electron chi connectivity index (χ3n) is 4.21. The van der Waals surface area contributed by atoms with Gasteiger partial charge in [0.2, 0.25) is 0 Å². The minimum Gasteiger partial charge on any atom is -0.481 e. The number of urea groups is 1. The van der Waals surface area contributed by atoms with E-state index in [1.54, 1.807) is 0 Å². The number of carboxylic acids is 1. The third-order valence-corrected chi connectivity index (χ3v) is 4.21. The number of aliphatic carboxylic acids is 1. The Balaban J connectivity index is 1.56. The van der Waals surface area contributed by atoms with E-state index >= 15 is 0 Å². The van der Waals surface area contributed by atoms with E-state index < -0.39 is 11.4 Å². The second-order valence-corrected chi connectivity index (χ2v) is 5.63. The van der Waals surface area contributed by atoms with E-state index in [2.05, 4.69) is 10.6 Å². The van der Waals surface area contributed by atoms with Gasteiger partial charge in [-0.3, -0.25) is 4.79 Å². The van der Waals surface area contributed by atoms with Crippen molar-refractivity contribution in [2.75, 3.05) is 13.1 Å². The minimum absolute atomic E-state index is 0.236. The molecule has 2 fully saturated rings. The lowest BCUT2D eigenvalue weighted by atomic mass is 10.0. The van der Waals surface area contributed by atoms with Crippen LogP contribution in [-0.4, -0.2) is 30.2 Å². The molecular weight excluding hydrogens is 232 g/mol. The van der Waals surface area contributed by atoms with Crippen molar-refractivity contribution >= 4 is 12.0 Å². The molecule has 0 radical (unpaired) electrons. The van der Waals surface area contributed by atoms with Gasteiger partial charge >= 0.3 is 12.0 Å². The van der Waals surface area contributed by atoms with Gasteiger partial charge in [-0.25, -0.2) is 4.79 Å². The van der Waals surface area contributed by atoms with Crippen molar-refractivity contribution in [1.29, 1.82) is 0 Å². The first-order chi connectivity index (χ1) is 8.62. The number of amides is 2. The number of hydrogen-bond acceptors (Lipinski definition) is 2. The van der Waals surface area contributed by atoms with Crippen LogP contribution in [0.25, 0.3) is 0 Å². The van der Waals surface area contributed by atoms with Gasteiger partial charge in [0.25, 0.3) is 0 Å². The quantitative estimate of drug-likeness (QED) is 0.675. The fourth-order valence-electron chi connectivity index (χ4n) is 2.62. The van der Waals surface area contributed by atoms with E-state index in [-0.39, 0.29) is 12.6 Å². The normalized spacial score (nSPS) is 21.6. The van der Waals surface area contributed by atoms with Crippen LogP contribution in [0.4, 0.5) is 4.79 Å². The van der Waals surface area contributed by atoms with Gasteiger partial charge in [-0.05, 0) is 25.2 Å². The molecule has 3 N–H and O–H groups in total. The summed E-state index contributed by atoms with van der Waals surface area (Å²) in [5.74, 6) is -0.0344. The average molecular weight is 254 g/mol. The first-order valence-corrected chi connectivity index (χ1v) is 6.87. The van der Waals surface area contributed by atoms with E-state index in [9.17, 15) is 9.59 Å². The Morgan fingerprint density at radius 3 is 2.39 bits per heavy atom. The van der Waals surface area contributed by atoms with Gasteiger partial charge < -0.3 is 15.7 Å². The number of nitrogens with one attached hydrogen (secondary N) is 2. The Labute approximate surface area is 107 Å². The molecule has 0 heterocycles. The molecule has 102 valence electrons. The fourth-order valence-corrected chi connectivity index (χ4v) is 2.62. The molecule has 0 aliphatic heterocycles. The largest absolute Gasteiger partial charge is 0.481 e. The second kappa shape index (κ2) is 5.59. The number of carbonyl (C=O) groups excluding carboxylic acids is 1. The van der Waals surface area contributed by atoms with Crippen molar-refractivity contribution in [2.45, 2.75) is 44.9 Å². The Kier molecular flexibility index (Phi) is 4.09. The zero-order valence-corrected chi connectivity index (χ0v) is 10.7. The summed E-state index contributed by atoms with van der Waals surface area (Å²) in [6.07, 6.45) is 7.58. The van der Waals surface area contributed by atoms with E-state index in [4.69, 9.17) is 5.11 Å². The fraction of sp³-hybridized carbons (Fsp3) is 0.846. The van der Waals surface area contributed by atoms with Gasteiger partial charge in [-0.15, -0.1) is 0 Å². The molecule has 0 aromatic carbocycles. The van der Waals surface area contributed by atoms with Crippen molar-refractivity contribution in [1.82, 2.24) is 10.6 Å². The van der Waals surface area contributed by atoms with Crippen LogP contribution < -0.4 is 10.6 Å². The van der Waals surface area contributed by atoms with Crippen molar-refractivity contribution in [3.8, 4) is 0 Å². The van der Waals surface area contributed by atoms with Crippen LogP contribution >= 0.6 is 0 Å². The van der Waals surface area contributed by atoms with Crippen molar-refractivity contribution < 1.29 is 14.7 Å². The highest BCUT2D eigenvalue weighted by atomic mass is 16.4. The summed E-state index contributed by atoms with van der Waals surface area (Å²) in [6, 6.07) is -0.236. The lowest BCUT2D eigenvalue weighted by molar-refractivity contribution is -0.143. The summed E-state index contributed by atoms with van der Waals surface area (Å²) in [4.78, 5) is 22.4. The molecule has 0 bridgehead atoms. The predicted molar refractivity (Wildman–Crippen MR) is 67.3 cm³/mol. The van der Waals surface area contributed by atoms with Crippen LogP contribution in [0.3, 0.4) is 0 Å². The molecule has 5 heteroatoms. The molecule has 0 saturated heterocycles. The summed E-state index contributed by atoms with van der Waals surface area (Å²) >= 11 is 0. The minimum atomic E-state index is -0.797. The van der Waals surface area contributed by atoms with Crippen LogP contribution in [0.5, 0.6) is 0 Å². The van der Waals surface area contributed by atoms with Crippen LogP contribution in [0.15, 0.2) is 0 Å². The Bertz CT molecular complexity index is 320. The van der Waals surface area contributed by atoms with Crippen molar-refractivity contribution in [3.63, 3.8) is 0 Å². The van der Waals surface area contributed by atoms with Gasteiger partial charge in [0.1, 0.15) is 0 Å². The Morgan fingerprint density at radius 1 is 1.17 bits per heavy atom. The molecule has 0 unspecified atom stereocenters. The summed E-state index contributed by atoms with van der Waals surface area (Å²) in [5.41, 5.74) is -0.678. The number of carboxylic acid groups (broad SMARTS) is 1. The van der Waals surface area contributed by atoms with Crippen molar-refractivity contribution in [2.24, 2.45) is 11.3 Å². The molecule has 0 aromatic rings. The van der Waals surface area contributed by atoms with Crippen LogP contribution in [-0.2, 0) is 4.79 Å². The maximum atomic E-state index is 11.5. The van der Waals surface area contributed by atoms with Crippen LogP contribution in [0, 0.1) is 11.3 Å². The van der Waals surface area contributed by atoms with E-state index in [1.807, 2.05) is 0 Å². The topological polar surface area (TPSA) is 78.4 Å². The SMILES string of the molecule is O=C(NCCC1CCCC1)NCC1(C(=O)O)CC1. The second-order valence-electron chi connectivity index (χ2n) is 5.63. The maximum absolute atomic E-state index is 11.5. The molecule has 5 nitrogen and oxygen atoms in total. The molecule has 2 saturated carbocycles. The van der Waals surface area contributed by atoms with Gasteiger partial charge in [0.05, 0.1) is 5.41 Å². The van der Waals surface area contributed by atoms with E-state index in [1.165, 1.54) is 25.7 Å². The third kappa shape index (κ3) is 3.37. The molecule has 2 amide bonds. The zero-order chi connectivity index (χ0) is 13.0. The van der Waals surface area contributed by atoms with E-state index in [0.29, 0.717) is 19.4 Å². The monoisotopic (exact) mass is 254 g/mol. The van der Waals surface area contributed by atoms with Crippen LogP contribution in [0.2, 0.25) is 0 Å². The summed E-state index contributed by atoms with van der Waals surface area (Å²) in [7, 11) is 0. The van der Waals surface area contributed by atoms with E-state index in [0.717, 1.165) is 12.3 Å². The van der Waals surface area contributed by atoms with Gasteiger partial charge in [-0.2, -0.15) is 0 Å². The molecule has 0 atom stereocenters. The average Bonchev–Trinajstić information content (AvgIpc) is 2.97. The van der Waals surface area contributed by atoms with Crippen molar-refractivity contribution in [3.05, 3.63) is 0 Å². The first kappa shape index (κ1) is 13.2. The lowest BCUT2D eigenvalue weighted by Gasteiger charge is -2.13. The molecule has 0 aromatic heterocycles. The van der Waals surface area contributed by atoms with Gasteiger partial charge in [-0.1, -0.05) is 25.7 Å². The Morgan fingerprint density at radius 2 is 1.83 bits per heavy atom. The molecular formula is C13H22N2O3. The standard InChI is InChI=1S/C13H22N2O3/c16-11(17)13(6-7-13)9-15-12(18)14-8-5-10-3-1-2-4-10/h10H,1-9H2,(H,16,17)(H2,14,15,18). The summed E-state index contributed by atoms with van der Waals surface area (Å²) < 4.78 is 0. The molecule has 2 aliphatic carbocycles. The maximum Gasteiger partial charge on any atom is 0.314 e. The number of rotatable bonds is 6. The lowest BCUT2D eigenvalue weighted by Crippen LogP contribution is -2.41. The van der Waals surface area contributed by atoms with Gasteiger partial charge in [0, 0.05) is 13.1 Å². The highest BCUT2D eigenvalue weighted by Gasteiger charge is 2.50. The molecule has 2 rings (SSSR count). The predicted octanol–water partition coefficient (Wildman–Crippen LogP) is 1.73. The number of carbonyl (C=O) groups is 2. The van der Waals surface area contributed by atoms with Gasteiger partial charge in [0.15, 0.2) is 0 Å². The first-order valence-electron chi connectivity index (χ1n) is 6.87. The number of hydrogen-bond donors (Lipinski definition) is 3. The molecule has 2 aliphatic rings. The Hall–Kier alpha value is -1.26. The zero-order valence-electron chi connectivity index (χ0n) is 10.7. The summed E-state index contributed by atoms with van der Waals surface area (Å²) in [6.45, 7) is 0.939. The highest BCUT2D eigenvalue weighted by Crippen LogP contribution is 2.45. The smallest absolute Gasteiger partial charge is 0.314 e. The highest BCUT2D eigenvalue weighted by molar-refractivity contribution is 5.80. The summed E-state index contributed by atoms with van der Waals surface area (Å²) in [5, 5.41) is 14.4.